The smallest absolute Gasteiger partial charge is 0.251 e. The second kappa shape index (κ2) is 9.35. The van der Waals surface area contributed by atoms with Crippen LogP contribution in [0.3, 0.4) is 0 Å². The zero-order chi connectivity index (χ0) is 17.2. The van der Waals surface area contributed by atoms with Gasteiger partial charge in [-0.3, -0.25) is 9.59 Å². The molecule has 5 heteroatoms. The molecule has 5 nitrogen and oxygen atoms in total. The number of nitrogens with one attached hydrogen (secondary N) is 2. The largest absolute Gasteiger partial charge is 0.492 e. The van der Waals surface area contributed by atoms with Crippen LogP contribution in [0.2, 0.25) is 0 Å². The topological polar surface area (TPSA) is 67.4 Å². The van der Waals surface area contributed by atoms with E-state index in [1.807, 2.05) is 37.3 Å². The van der Waals surface area contributed by atoms with Gasteiger partial charge in [0.15, 0.2) is 0 Å². The van der Waals surface area contributed by atoms with Gasteiger partial charge >= 0.3 is 0 Å². The molecular formula is C19H22N2O3. The van der Waals surface area contributed by atoms with Crippen molar-refractivity contribution in [3.05, 3.63) is 65.7 Å². The van der Waals surface area contributed by atoms with Crippen molar-refractivity contribution in [2.24, 2.45) is 0 Å². The lowest BCUT2D eigenvalue weighted by Crippen LogP contribution is -2.32. The number of rotatable bonds is 8. The average molecular weight is 326 g/mol. The van der Waals surface area contributed by atoms with Crippen LogP contribution in [0.1, 0.15) is 22.3 Å². The van der Waals surface area contributed by atoms with Crippen LogP contribution in [0.5, 0.6) is 5.75 Å². The summed E-state index contributed by atoms with van der Waals surface area (Å²) < 4.78 is 5.53. The van der Waals surface area contributed by atoms with Gasteiger partial charge < -0.3 is 15.4 Å². The monoisotopic (exact) mass is 326 g/mol. The third kappa shape index (κ3) is 6.12. The number of ether oxygens (including phenoxy) is 1. The van der Waals surface area contributed by atoms with Crippen LogP contribution < -0.4 is 15.4 Å². The highest BCUT2D eigenvalue weighted by Crippen LogP contribution is 2.10. The fourth-order valence-electron chi connectivity index (χ4n) is 2.06. The van der Waals surface area contributed by atoms with Crippen molar-refractivity contribution in [3.63, 3.8) is 0 Å². The summed E-state index contributed by atoms with van der Waals surface area (Å²) in [5.41, 5.74) is 1.76. The predicted octanol–water partition coefficient (Wildman–Crippen LogP) is 2.31. The molecule has 0 radical (unpaired) electrons. The summed E-state index contributed by atoms with van der Waals surface area (Å²) in [7, 11) is 0. The number of hydrogen-bond donors (Lipinski definition) is 2. The minimum Gasteiger partial charge on any atom is -0.492 e. The van der Waals surface area contributed by atoms with E-state index in [9.17, 15) is 9.59 Å². The lowest BCUT2D eigenvalue weighted by Gasteiger charge is -2.08. The van der Waals surface area contributed by atoms with Gasteiger partial charge in [-0.15, -0.1) is 0 Å². The van der Waals surface area contributed by atoms with Crippen LogP contribution in [-0.2, 0) is 4.79 Å². The van der Waals surface area contributed by atoms with E-state index < -0.39 is 0 Å². The predicted molar refractivity (Wildman–Crippen MR) is 93.1 cm³/mol. The lowest BCUT2D eigenvalue weighted by molar-refractivity contribution is -0.121. The van der Waals surface area contributed by atoms with Crippen molar-refractivity contribution in [3.8, 4) is 5.75 Å². The van der Waals surface area contributed by atoms with Crippen LogP contribution >= 0.6 is 0 Å². The molecule has 24 heavy (non-hydrogen) atoms. The summed E-state index contributed by atoms with van der Waals surface area (Å²) in [6, 6.07) is 16.7. The number of benzene rings is 2. The zero-order valence-corrected chi connectivity index (χ0v) is 13.7. The Morgan fingerprint density at radius 1 is 0.917 bits per heavy atom. The minimum atomic E-state index is -0.175. The van der Waals surface area contributed by atoms with Crippen LogP contribution in [-0.4, -0.2) is 31.5 Å². The molecule has 2 N–H and O–H groups in total. The molecule has 0 atom stereocenters. The standard InChI is InChI=1S/C19H22N2O3/c1-15-7-9-17(10-8-15)24-14-13-20-18(22)11-12-21-19(23)16-5-3-2-4-6-16/h2-10H,11-14H2,1H3,(H,20,22)(H,21,23). The first-order valence-electron chi connectivity index (χ1n) is 7.94. The fourth-order valence-corrected chi connectivity index (χ4v) is 2.06. The zero-order valence-electron chi connectivity index (χ0n) is 13.7. The molecule has 2 rings (SSSR count). The Hall–Kier alpha value is -2.82. The summed E-state index contributed by atoms with van der Waals surface area (Å²) in [5, 5.41) is 5.48. The van der Waals surface area contributed by atoms with Crippen molar-refractivity contribution in [2.75, 3.05) is 19.7 Å². The van der Waals surface area contributed by atoms with E-state index >= 15 is 0 Å². The number of carbonyl (C=O) groups is 2. The second-order valence-electron chi connectivity index (χ2n) is 5.38. The van der Waals surface area contributed by atoms with E-state index in [0.29, 0.717) is 25.3 Å². The van der Waals surface area contributed by atoms with Crippen LogP contribution in [0, 0.1) is 6.92 Å². The van der Waals surface area contributed by atoms with E-state index in [1.165, 1.54) is 5.56 Å². The maximum Gasteiger partial charge on any atom is 0.251 e. The summed E-state index contributed by atoms with van der Waals surface area (Å²) >= 11 is 0. The Kier molecular flexibility index (Phi) is 6.83. The molecule has 0 aromatic heterocycles. The van der Waals surface area contributed by atoms with Crippen LogP contribution in [0.15, 0.2) is 54.6 Å². The van der Waals surface area contributed by atoms with E-state index in [1.54, 1.807) is 24.3 Å². The van der Waals surface area contributed by atoms with Crippen molar-refractivity contribution < 1.29 is 14.3 Å². The summed E-state index contributed by atoms with van der Waals surface area (Å²) in [6.07, 6.45) is 0.239. The highest BCUT2D eigenvalue weighted by Gasteiger charge is 2.05. The van der Waals surface area contributed by atoms with Crippen molar-refractivity contribution in [2.45, 2.75) is 13.3 Å². The van der Waals surface area contributed by atoms with Gasteiger partial charge in [-0.25, -0.2) is 0 Å². The molecule has 2 amide bonds. The number of amides is 2. The molecule has 0 aliphatic heterocycles. The maximum absolute atomic E-state index is 11.8. The van der Waals surface area contributed by atoms with Gasteiger partial charge in [0.05, 0.1) is 6.54 Å². The Balaban J connectivity index is 1.56. The molecule has 0 aliphatic carbocycles. The highest BCUT2D eigenvalue weighted by molar-refractivity contribution is 5.94. The number of aryl methyl sites for hydroxylation is 1. The first-order chi connectivity index (χ1) is 11.6. The number of carbonyl (C=O) groups excluding carboxylic acids is 2. The Labute approximate surface area is 142 Å². The number of hydrogen-bond acceptors (Lipinski definition) is 3. The van der Waals surface area contributed by atoms with E-state index in [4.69, 9.17) is 4.74 Å². The van der Waals surface area contributed by atoms with Gasteiger partial charge in [0.25, 0.3) is 5.91 Å². The van der Waals surface area contributed by atoms with Gasteiger partial charge in [-0.05, 0) is 31.2 Å². The van der Waals surface area contributed by atoms with Crippen molar-refractivity contribution >= 4 is 11.8 Å². The van der Waals surface area contributed by atoms with E-state index in [2.05, 4.69) is 10.6 Å². The van der Waals surface area contributed by atoms with Gasteiger partial charge in [-0.2, -0.15) is 0 Å². The third-order valence-corrected chi connectivity index (χ3v) is 3.39. The van der Waals surface area contributed by atoms with Crippen LogP contribution in [0.25, 0.3) is 0 Å². The van der Waals surface area contributed by atoms with Crippen molar-refractivity contribution in [1.29, 1.82) is 0 Å². The molecular weight excluding hydrogens is 304 g/mol. The molecule has 126 valence electrons. The van der Waals surface area contributed by atoms with Gasteiger partial charge in [-0.1, -0.05) is 35.9 Å². The summed E-state index contributed by atoms with van der Waals surface area (Å²) in [5.74, 6) is 0.493. The molecule has 0 heterocycles. The SMILES string of the molecule is Cc1ccc(OCCNC(=O)CCNC(=O)c2ccccc2)cc1. The molecule has 2 aromatic rings. The first kappa shape index (κ1) is 17.5. The average Bonchev–Trinajstić information content (AvgIpc) is 2.61. The Morgan fingerprint density at radius 3 is 2.33 bits per heavy atom. The van der Waals surface area contributed by atoms with Crippen molar-refractivity contribution in [1.82, 2.24) is 10.6 Å². The quantitative estimate of drug-likeness (QED) is 0.732. The second-order valence-corrected chi connectivity index (χ2v) is 5.38. The fraction of sp³-hybridized carbons (Fsp3) is 0.263. The van der Waals surface area contributed by atoms with E-state index in [0.717, 1.165) is 5.75 Å². The molecule has 0 spiro atoms. The van der Waals surface area contributed by atoms with Gasteiger partial charge in [0, 0.05) is 18.5 Å². The summed E-state index contributed by atoms with van der Waals surface area (Å²) in [6.45, 7) is 3.16. The van der Waals surface area contributed by atoms with Gasteiger partial charge in [0.2, 0.25) is 5.91 Å². The highest BCUT2D eigenvalue weighted by atomic mass is 16.5. The molecule has 0 aliphatic rings. The molecule has 0 bridgehead atoms. The molecule has 2 aromatic carbocycles. The summed E-state index contributed by atoms with van der Waals surface area (Å²) in [4.78, 5) is 23.5. The Bertz CT molecular complexity index is 654. The van der Waals surface area contributed by atoms with Gasteiger partial charge in [0.1, 0.15) is 12.4 Å². The third-order valence-electron chi connectivity index (χ3n) is 3.39. The molecule has 0 fully saturated rings. The minimum absolute atomic E-state index is 0.115. The first-order valence-corrected chi connectivity index (χ1v) is 7.94. The maximum atomic E-state index is 11.8. The van der Waals surface area contributed by atoms with Crippen LogP contribution in [0.4, 0.5) is 0 Å². The van der Waals surface area contributed by atoms with E-state index in [-0.39, 0.29) is 18.2 Å². The molecule has 0 saturated carbocycles. The molecule has 0 unspecified atom stereocenters. The normalized spacial score (nSPS) is 10.0. The molecule has 0 saturated heterocycles. The lowest BCUT2D eigenvalue weighted by atomic mass is 10.2. The Morgan fingerprint density at radius 2 is 1.62 bits per heavy atom.